The Morgan fingerprint density at radius 2 is 2.21 bits per heavy atom. The lowest BCUT2D eigenvalue weighted by molar-refractivity contribution is -0.122. The standard InChI is InChI=1S/C15H20N2O2/c1-16-8-3-4-14(16)15(18)17-9-7-11-10-12(19-2)5-6-13(11)17/h5-6,10,14H,3-4,7-9H2,1-2H3/t14-/m0/s1. The van der Waals surface area contributed by atoms with Crippen molar-refractivity contribution >= 4 is 11.6 Å². The molecule has 0 radical (unpaired) electrons. The molecule has 1 atom stereocenters. The second kappa shape index (κ2) is 4.85. The Balaban J connectivity index is 1.84. The van der Waals surface area contributed by atoms with E-state index in [1.807, 2.05) is 30.1 Å². The molecule has 2 aliphatic heterocycles. The van der Waals surface area contributed by atoms with Crippen LogP contribution in [0, 0.1) is 0 Å². The Morgan fingerprint density at radius 1 is 1.37 bits per heavy atom. The molecular formula is C15H20N2O2. The summed E-state index contributed by atoms with van der Waals surface area (Å²) in [5.41, 5.74) is 2.28. The van der Waals surface area contributed by atoms with E-state index in [4.69, 9.17) is 4.74 Å². The summed E-state index contributed by atoms with van der Waals surface area (Å²) in [7, 11) is 3.72. The molecule has 0 saturated carbocycles. The molecule has 3 rings (SSSR count). The maximum atomic E-state index is 12.6. The number of anilines is 1. The topological polar surface area (TPSA) is 32.8 Å². The Kier molecular flexibility index (Phi) is 3.19. The molecule has 0 N–H and O–H groups in total. The summed E-state index contributed by atoms with van der Waals surface area (Å²) in [6.45, 7) is 1.82. The molecule has 4 nitrogen and oxygen atoms in total. The van der Waals surface area contributed by atoms with Gasteiger partial charge in [0.2, 0.25) is 5.91 Å². The number of carbonyl (C=O) groups excluding carboxylic acids is 1. The van der Waals surface area contributed by atoms with Gasteiger partial charge in [-0.25, -0.2) is 0 Å². The Morgan fingerprint density at radius 3 is 2.89 bits per heavy atom. The highest BCUT2D eigenvalue weighted by Crippen LogP contribution is 2.32. The monoisotopic (exact) mass is 260 g/mol. The number of ether oxygens (including phenoxy) is 1. The third-order valence-electron chi connectivity index (χ3n) is 4.25. The SMILES string of the molecule is COc1ccc2c(c1)CCN2C(=O)[C@@H]1CCCN1C. The molecule has 0 aromatic heterocycles. The summed E-state index contributed by atoms with van der Waals surface area (Å²) in [5, 5.41) is 0. The molecular weight excluding hydrogens is 240 g/mol. The number of likely N-dealkylation sites (tertiary alicyclic amines) is 1. The predicted molar refractivity (Wildman–Crippen MR) is 74.7 cm³/mol. The molecule has 1 amide bonds. The summed E-state index contributed by atoms with van der Waals surface area (Å²) >= 11 is 0. The van der Waals surface area contributed by atoms with Gasteiger partial charge in [0.15, 0.2) is 0 Å². The predicted octanol–water partition coefficient (Wildman–Crippen LogP) is 1.68. The molecule has 4 heteroatoms. The third kappa shape index (κ3) is 2.10. The van der Waals surface area contributed by atoms with Gasteiger partial charge in [0.1, 0.15) is 5.75 Å². The van der Waals surface area contributed by atoms with Crippen molar-refractivity contribution in [2.75, 3.05) is 32.1 Å². The molecule has 1 aromatic carbocycles. The molecule has 1 saturated heterocycles. The number of fused-ring (bicyclic) bond motifs is 1. The zero-order chi connectivity index (χ0) is 13.4. The fraction of sp³-hybridized carbons (Fsp3) is 0.533. The zero-order valence-electron chi connectivity index (χ0n) is 11.6. The average molecular weight is 260 g/mol. The highest BCUT2D eigenvalue weighted by Gasteiger charge is 2.34. The van der Waals surface area contributed by atoms with Crippen molar-refractivity contribution < 1.29 is 9.53 Å². The number of hydrogen-bond donors (Lipinski definition) is 0. The molecule has 19 heavy (non-hydrogen) atoms. The molecule has 1 aromatic rings. The van der Waals surface area contributed by atoms with Crippen molar-refractivity contribution in [3.05, 3.63) is 23.8 Å². The van der Waals surface area contributed by atoms with Gasteiger partial charge in [-0.3, -0.25) is 9.69 Å². The first kappa shape index (κ1) is 12.5. The van der Waals surface area contributed by atoms with Crippen molar-refractivity contribution in [3.8, 4) is 5.75 Å². The van der Waals surface area contributed by atoms with Gasteiger partial charge in [-0.05, 0) is 56.6 Å². The minimum Gasteiger partial charge on any atom is -0.497 e. The summed E-state index contributed by atoms with van der Waals surface area (Å²) in [6.07, 6.45) is 3.03. The molecule has 1 fully saturated rings. The van der Waals surface area contributed by atoms with Crippen LogP contribution in [0.25, 0.3) is 0 Å². The van der Waals surface area contributed by atoms with Crippen molar-refractivity contribution in [1.82, 2.24) is 4.90 Å². The fourth-order valence-corrected chi connectivity index (χ4v) is 3.14. The lowest BCUT2D eigenvalue weighted by atomic mass is 10.1. The largest absolute Gasteiger partial charge is 0.497 e. The van der Waals surface area contributed by atoms with Gasteiger partial charge in [-0.1, -0.05) is 0 Å². The summed E-state index contributed by atoms with van der Waals surface area (Å²) < 4.78 is 5.24. The Labute approximate surface area is 113 Å². The molecule has 2 aliphatic rings. The molecule has 0 unspecified atom stereocenters. The van der Waals surface area contributed by atoms with E-state index >= 15 is 0 Å². The van der Waals surface area contributed by atoms with Crippen LogP contribution < -0.4 is 9.64 Å². The zero-order valence-corrected chi connectivity index (χ0v) is 11.6. The number of rotatable bonds is 2. The summed E-state index contributed by atoms with van der Waals surface area (Å²) in [4.78, 5) is 16.7. The normalized spacial score (nSPS) is 22.6. The number of methoxy groups -OCH3 is 1. The van der Waals surface area contributed by atoms with Crippen molar-refractivity contribution in [2.45, 2.75) is 25.3 Å². The Hall–Kier alpha value is -1.55. The lowest BCUT2D eigenvalue weighted by Crippen LogP contribution is -2.43. The van der Waals surface area contributed by atoms with E-state index in [0.717, 1.165) is 43.8 Å². The van der Waals surface area contributed by atoms with Crippen LogP contribution in [0.5, 0.6) is 5.75 Å². The second-order valence-corrected chi connectivity index (χ2v) is 5.37. The van der Waals surface area contributed by atoms with Crippen molar-refractivity contribution in [3.63, 3.8) is 0 Å². The van der Waals surface area contributed by atoms with Crippen LogP contribution in [0.15, 0.2) is 18.2 Å². The van der Waals surface area contributed by atoms with Gasteiger partial charge >= 0.3 is 0 Å². The summed E-state index contributed by atoms with van der Waals surface area (Å²) in [6, 6.07) is 6.05. The number of likely N-dealkylation sites (N-methyl/N-ethyl adjacent to an activating group) is 1. The fourth-order valence-electron chi connectivity index (χ4n) is 3.14. The van der Waals surface area contributed by atoms with Crippen LogP contribution in [0.2, 0.25) is 0 Å². The van der Waals surface area contributed by atoms with Crippen LogP contribution in [-0.4, -0.2) is 44.1 Å². The van der Waals surface area contributed by atoms with Crippen LogP contribution in [-0.2, 0) is 11.2 Å². The summed E-state index contributed by atoms with van der Waals surface area (Å²) in [5.74, 6) is 1.12. The van der Waals surface area contributed by atoms with Crippen LogP contribution >= 0.6 is 0 Å². The van der Waals surface area contributed by atoms with E-state index in [9.17, 15) is 4.79 Å². The van der Waals surface area contributed by atoms with Gasteiger partial charge in [0, 0.05) is 12.2 Å². The first-order chi connectivity index (χ1) is 9.20. The van der Waals surface area contributed by atoms with Crippen LogP contribution in [0.4, 0.5) is 5.69 Å². The van der Waals surface area contributed by atoms with E-state index in [1.165, 1.54) is 5.56 Å². The van der Waals surface area contributed by atoms with Crippen molar-refractivity contribution in [2.24, 2.45) is 0 Å². The van der Waals surface area contributed by atoms with Gasteiger partial charge in [0.25, 0.3) is 0 Å². The quantitative estimate of drug-likeness (QED) is 0.811. The van der Waals surface area contributed by atoms with E-state index < -0.39 is 0 Å². The minimum atomic E-state index is 0.0630. The number of hydrogen-bond acceptors (Lipinski definition) is 3. The van der Waals surface area contributed by atoms with Crippen LogP contribution in [0.1, 0.15) is 18.4 Å². The number of nitrogens with zero attached hydrogens (tertiary/aromatic N) is 2. The second-order valence-electron chi connectivity index (χ2n) is 5.37. The smallest absolute Gasteiger partial charge is 0.244 e. The molecule has 2 heterocycles. The van der Waals surface area contributed by atoms with Gasteiger partial charge < -0.3 is 9.64 Å². The molecule has 102 valence electrons. The molecule has 0 bridgehead atoms. The van der Waals surface area contributed by atoms with Gasteiger partial charge in [-0.2, -0.15) is 0 Å². The van der Waals surface area contributed by atoms with E-state index in [0.29, 0.717) is 0 Å². The van der Waals surface area contributed by atoms with Crippen molar-refractivity contribution in [1.29, 1.82) is 0 Å². The maximum absolute atomic E-state index is 12.6. The molecule has 0 aliphatic carbocycles. The first-order valence-corrected chi connectivity index (χ1v) is 6.89. The number of amides is 1. The van der Waals surface area contributed by atoms with Gasteiger partial charge in [0.05, 0.1) is 13.2 Å². The first-order valence-electron chi connectivity index (χ1n) is 6.89. The number of carbonyl (C=O) groups is 1. The van der Waals surface area contributed by atoms with E-state index in [1.54, 1.807) is 7.11 Å². The third-order valence-corrected chi connectivity index (χ3v) is 4.25. The average Bonchev–Trinajstić information content (AvgIpc) is 3.03. The minimum absolute atomic E-state index is 0.0630. The van der Waals surface area contributed by atoms with E-state index in [-0.39, 0.29) is 11.9 Å². The highest BCUT2D eigenvalue weighted by atomic mass is 16.5. The molecule has 0 spiro atoms. The Bertz CT molecular complexity index is 501. The maximum Gasteiger partial charge on any atom is 0.244 e. The highest BCUT2D eigenvalue weighted by molar-refractivity contribution is 5.99. The van der Waals surface area contributed by atoms with E-state index in [2.05, 4.69) is 4.90 Å². The number of benzene rings is 1. The van der Waals surface area contributed by atoms with Crippen LogP contribution in [0.3, 0.4) is 0 Å². The lowest BCUT2D eigenvalue weighted by Gasteiger charge is -2.25. The van der Waals surface area contributed by atoms with Gasteiger partial charge in [-0.15, -0.1) is 0 Å².